The topological polar surface area (TPSA) is 134 Å². The summed E-state index contributed by atoms with van der Waals surface area (Å²) < 4.78 is 5.49. The molecular weight excluding hydrogens is 348 g/mol. The highest BCUT2D eigenvalue weighted by molar-refractivity contribution is 6.31. The van der Waals surface area contributed by atoms with Crippen molar-refractivity contribution in [1.29, 1.82) is 0 Å². The van der Waals surface area contributed by atoms with E-state index in [1.54, 1.807) is 32.4 Å². The number of nitrogen functional groups attached to an aromatic ring is 1. The Kier molecular flexibility index (Phi) is 4.33. The highest BCUT2D eigenvalue weighted by Crippen LogP contribution is 2.36. The number of aromatic nitrogens is 2. The Balaban J connectivity index is 1.85. The van der Waals surface area contributed by atoms with Gasteiger partial charge in [-0.2, -0.15) is 5.11 Å². The summed E-state index contributed by atoms with van der Waals surface area (Å²) in [7, 11) is 0. The average molecular weight is 370 g/mol. The maximum absolute atomic E-state index is 10.6. The zero-order valence-electron chi connectivity index (χ0n) is 15.3. The van der Waals surface area contributed by atoms with Crippen molar-refractivity contribution in [2.75, 3.05) is 32.0 Å². The van der Waals surface area contributed by atoms with Crippen LogP contribution in [0.15, 0.2) is 44.4 Å². The van der Waals surface area contributed by atoms with E-state index in [-0.39, 0.29) is 5.95 Å². The largest absolute Gasteiger partial charge is 0.390 e. The Hall–Kier alpha value is -2.56. The number of anilines is 1. The number of morpholine rings is 1. The number of fused-ring (bicyclic) bond motifs is 1. The number of ether oxygens (including phenoxy) is 1. The second kappa shape index (κ2) is 6.55. The number of amidine groups is 1. The van der Waals surface area contributed by atoms with Crippen molar-refractivity contribution in [3.05, 3.63) is 29.7 Å². The Labute approximate surface area is 156 Å². The van der Waals surface area contributed by atoms with E-state index < -0.39 is 11.4 Å². The second-order valence-electron chi connectivity index (χ2n) is 7.35. The minimum atomic E-state index is -1.01. The van der Waals surface area contributed by atoms with Crippen LogP contribution in [0, 0.1) is 0 Å². The summed E-state index contributed by atoms with van der Waals surface area (Å²) in [5.74, 6) is -0.322. The predicted molar refractivity (Wildman–Crippen MR) is 99.4 cm³/mol. The van der Waals surface area contributed by atoms with Crippen molar-refractivity contribution in [3.8, 4) is 0 Å². The molecule has 0 radical (unpaired) electrons. The minimum Gasteiger partial charge on any atom is -0.390 e. The number of rotatable bonds is 4. The summed E-state index contributed by atoms with van der Waals surface area (Å²) in [6.45, 7) is 5.96. The van der Waals surface area contributed by atoms with Crippen molar-refractivity contribution in [2.45, 2.75) is 31.7 Å². The molecule has 1 aromatic rings. The average Bonchev–Trinajstić information content (AvgIpc) is 3.09. The molecule has 4 heterocycles. The first-order valence-corrected chi connectivity index (χ1v) is 8.81. The van der Waals surface area contributed by atoms with E-state index in [0.29, 0.717) is 55.4 Å². The van der Waals surface area contributed by atoms with Crippen LogP contribution in [0.3, 0.4) is 0 Å². The van der Waals surface area contributed by atoms with Crippen molar-refractivity contribution in [3.63, 3.8) is 0 Å². The van der Waals surface area contributed by atoms with Gasteiger partial charge in [-0.05, 0) is 13.8 Å². The number of aliphatic hydroxyl groups is 1. The quantitative estimate of drug-likeness (QED) is 0.803. The third-order valence-electron chi connectivity index (χ3n) is 4.54. The summed E-state index contributed by atoms with van der Waals surface area (Å²) in [6.07, 6.45) is 5.17. The van der Waals surface area contributed by atoms with E-state index in [2.05, 4.69) is 25.1 Å². The van der Waals surface area contributed by atoms with E-state index in [9.17, 15) is 5.11 Å². The summed E-state index contributed by atoms with van der Waals surface area (Å²) in [5, 5.41) is 18.8. The fourth-order valence-electron chi connectivity index (χ4n) is 3.45. The molecule has 1 atom stereocenters. The van der Waals surface area contributed by atoms with E-state index >= 15 is 0 Å². The first kappa shape index (κ1) is 17.8. The zero-order chi connectivity index (χ0) is 19.1. The lowest BCUT2D eigenvalue weighted by Crippen LogP contribution is -2.56. The van der Waals surface area contributed by atoms with E-state index in [4.69, 9.17) is 20.5 Å². The molecule has 0 spiro atoms. The number of nitrogens with zero attached hydrogens (tertiary/aromatic N) is 7. The Morgan fingerprint density at radius 1 is 1.22 bits per heavy atom. The predicted octanol–water partition coefficient (Wildman–Crippen LogP) is 0.757. The smallest absolute Gasteiger partial charge is 0.219 e. The normalized spacial score (nSPS) is 25.7. The molecule has 10 heteroatoms. The molecule has 27 heavy (non-hydrogen) atoms. The molecule has 0 bridgehead atoms. The van der Waals surface area contributed by atoms with Gasteiger partial charge in [-0.25, -0.2) is 20.0 Å². The van der Waals surface area contributed by atoms with Crippen molar-refractivity contribution in [2.24, 2.45) is 20.2 Å². The van der Waals surface area contributed by atoms with Gasteiger partial charge >= 0.3 is 0 Å². The molecule has 10 nitrogen and oxygen atoms in total. The van der Waals surface area contributed by atoms with E-state index in [0.717, 1.165) is 0 Å². The molecule has 4 rings (SSSR count). The standard InChI is InChI=1S/C17H22N8O2/c1-16(2,26)10-17(25-3-5-27-6-4-25)22-13(11-7-19-15(18)20-8-11)12-9-21-24-14(12)23-17/h7-9,26H,3-6,10H2,1-2H3,(H2,18,19,20). The number of hydrogen-bond acceptors (Lipinski definition) is 10. The fourth-order valence-corrected chi connectivity index (χ4v) is 3.45. The maximum Gasteiger partial charge on any atom is 0.219 e. The number of aliphatic imine (C=N–C) groups is 2. The maximum atomic E-state index is 10.6. The molecule has 1 fully saturated rings. The molecule has 142 valence electrons. The van der Waals surface area contributed by atoms with Gasteiger partial charge in [-0.15, -0.1) is 5.11 Å². The number of azo groups is 1. The molecule has 1 saturated heterocycles. The van der Waals surface area contributed by atoms with Crippen LogP contribution < -0.4 is 5.73 Å². The SMILES string of the molecule is CC(C)(O)CC1(N2CCOCC2)N=C2N=NC=C2C(c2cnc(N)nc2)=N1. The second-order valence-corrected chi connectivity index (χ2v) is 7.35. The third kappa shape index (κ3) is 3.51. The van der Waals surface area contributed by atoms with Crippen LogP contribution in [0.5, 0.6) is 0 Å². The molecular formula is C17H22N8O2. The van der Waals surface area contributed by atoms with Gasteiger partial charge in [-0.3, -0.25) is 4.90 Å². The first-order chi connectivity index (χ1) is 12.9. The van der Waals surface area contributed by atoms with E-state index in [1.165, 1.54) is 0 Å². The summed E-state index contributed by atoms with van der Waals surface area (Å²) in [5.41, 5.74) is 6.68. The van der Waals surface area contributed by atoms with Crippen LogP contribution in [-0.4, -0.2) is 69.2 Å². The summed E-state index contributed by atoms with van der Waals surface area (Å²) >= 11 is 0. The molecule has 1 aromatic heterocycles. The van der Waals surface area contributed by atoms with Crippen LogP contribution >= 0.6 is 0 Å². The third-order valence-corrected chi connectivity index (χ3v) is 4.54. The number of hydrogen-bond donors (Lipinski definition) is 2. The lowest BCUT2D eigenvalue weighted by atomic mass is 9.95. The van der Waals surface area contributed by atoms with Gasteiger partial charge in [0, 0.05) is 37.5 Å². The highest BCUT2D eigenvalue weighted by atomic mass is 16.5. The highest BCUT2D eigenvalue weighted by Gasteiger charge is 2.45. The van der Waals surface area contributed by atoms with Gasteiger partial charge in [0.05, 0.1) is 36.3 Å². The molecule has 0 saturated carbocycles. The Morgan fingerprint density at radius 3 is 2.59 bits per heavy atom. The van der Waals surface area contributed by atoms with Crippen molar-refractivity contribution < 1.29 is 9.84 Å². The van der Waals surface area contributed by atoms with Gasteiger partial charge in [-0.1, -0.05) is 0 Å². The molecule has 3 aliphatic heterocycles. The molecule has 3 aliphatic rings. The van der Waals surface area contributed by atoms with Crippen LogP contribution in [0.2, 0.25) is 0 Å². The van der Waals surface area contributed by atoms with Gasteiger partial charge in [0.15, 0.2) is 5.84 Å². The Morgan fingerprint density at radius 2 is 1.93 bits per heavy atom. The monoisotopic (exact) mass is 370 g/mol. The number of nitrogens with two attached hydrogens (primary N) is 1. The molecule has 3 N–H and O–H groups in total. The minimum absolute atomic E-state index is 0.190. The summed E-state index contributed by atoms with van der Waals surface area (Å²) in [4.78, 5) is 20.1. The van der Waals surface area contributed by atoms with Gasteiger partial charge in [0.1, 0.15) is 0 Å². The first-order valence-electron chi connectivity index (χ1n) is 8.81. The molecule has 0 amide bonds. The molecule has 1 unspecified atom stereocenters. The van der Waals surface area contributed by atoms with Gasteiger partial charge in [0.2, 0.25) is 11.7 Å². The molecule has 0 aliphatic carbocycles. The van der Waals surface area contributed by atoms with Gasteiger partial charge < -0.3 is 15.6 Å². The fraction of sp³-hybridized carbons (Fsp3) is 0.529. The van der Waals surface area contributed by atoms with Crippen LogP contribution in [0.4, 0.5) is 5.95 Å². The van der Waals surface area contributed by atoms with Crippen molar-refractivity contribution in [1.82, 2.24) is 14.9 Å². The van der Waals surface area contributed by atoms with Crippen LogP contribution in [0.1, 0.15) is 25.8 Å². The Bertz CT molecular complexity index is 847. The zero-order valence-corrected chi connectivity index (χ0v) is 15.3. The molecule has 0 aromatic carbocycles. The lowest BCUT2D eigenvalue weighted by molar-refractivity contribution is -0.0531. The summed E-state index contributed by atoms with van der Waals surface area (Å²) in [6, 6.07) is 0. The van der Waals surface area contributed by atoms with Crippen LogP contribution in [0.25, 0.3) is 0 Å². The van der Waals surface area contributed by atoms with Gasteiger partial charge in [0.25, 0.3) is 0 Å². The van der Waals surface area contributed by atoms with Crippen molar-refractivity contribution >= 4 is 17.5 Å². The van der Waals surface area contributed by atoms with Crippen LogP contribution in [-0.2, 0) is 4.74 Å². The lowest BCUT2D eigenvalue weighted by Gasteiger charge is -2.44. The van der Waals surface area contributed by atoms with E-state index in [1.807, 2.05) is 0 Å².